The largest absolute Gasteiger partial charge is 0.316 e. The summed E-state index contributed by atoms with van der Waals surface area (Å²) in [6, 6.07) is 0.827. The average Bonchev–Trinajstić information content (AvgIpc) is 2.52. The maximum atomic E-state index is 3.73. The standard InChI is InChI=1S/C18H36N2/c1-2-16-9-11-17(12-10-16)15-19-13-6-14-20-18-7-4-3-5-8-18/h16-20H,2-15H2,1H3. The Morgan fingerprint density at radius 1 is 0.800 bits per heavy atom. The molecule has 0 amide bonds. The Hall–Kier alpha value is -0.0800. The fourth-order valence-electron chi connectivity index (χ4n) is 3.98. The van der Waals surface area contributed by atoms with E-state index in [9.17, 15) is 0 Å². The highest BCUT2D eigenvalue weighted by Gasteiger charge is 2.19. The van der Waals surface area contributed by atoms with Crippen molar-refractivity contribution in [3.05, 3.63) is 0 Å². The van der Waals surface area contributed by atoms with E-state index < -0.39 is 0 Å². The van der Waals surface area contributed by atoms with Crippen LogP contribution in [0.3, 0.4) is 0 Å². The zero-order chi connectivity index (χ0) is 14.0. The van der Waals surface area contributed by atoms with Gasteiger partial charge < -0.3 is 10.6 Å². The van der Waals surface area contributed by atoms with Gasteiger partial charge in [-0.2, -0.15) is 0 Å². The molecule has 0 aromatic carbocycles. The second-order valence-corrected chi connectivity index (χ2v) is 7.14. The molecule has 0 aromatic rings. The van der Waals surface area contributed by atoms with Crippen molar-refractivity contribution in [2.75, 3.05) is 19.6 Å². The second-order valence-electron chi connectivity index (χ2n) is 7.14. The summed E-state index contributed by atoms with van der Waals surface area (Å²) >= 11 is 0. The minimum Gasteiger partial charge on any atom is -0.316 e. The van der Waals surface area contributed by atoms with E-state index in [1.165, 1.54) is 90.3 Å². The van der Waals surface area contributed by atoms with Gasteiger partial charge in [0.2, 0.25) is 0 Å². The summed E-state index contributed by atoms with van der Waals surface area (Å²) in [5, 5.41) is 7.42. The molecule has 2 nitrogen and oxygen atoms in total. The van der Waals surface area contributed by atoms with Crippen LogP contribution in [-0.2, 0) is 0 Å². The molecule has 2 aliphatic rings. The summed E-state index contributed by atoms with van der Waals surface area (Å²) in [5.41, 5.74) is 0. The molecule has 0 aliphatic heterocycles. The van der Waals surface area contributed by atoms with E-state index in [1.807, 2.05) is 0 Å². The number of rotatable bonds is 8. The molecule has 0 aromatic heterocycles. The third-order valence-electron chi connectivity index (χ3n) is 5.55. The van der Waals surface area contributed by atoms with Crippen molar-refractivity contribution in [3.63, 3.8) is 0 Å². The third kappa shape index (κ3) is 6.13. The zero-order valence-electron chi connectivity index (χ0n) is 13.6. The number of nitrogens with one attached hydrogen (secondary N) is 2. The van der Waals surface area contributed by atoms with Gasteiger partial charge in [0.15, 0.2) is 0 Å². The van der Waals surface area contributed by atoms with Crippen molar-refractivity contribution in [2.45, 2.75) is 83.6 Å². The van der Waals surface area contributed by atoms with Crippen LogP contribution in [0.25, 0.3) is 0 Å². The molecule has 0 unspecified atom stereocenters. The van der Waals surface area contributed by atoms with E-state index in [-0.39, 0.29) is 0 Å². The first-order valence-electron chi connectivity index (χ1n) is 9.32. The summed E-state index contributed by atoms with van der Waals surface area (Å²) in [5.74, 6) is 2.00. The van der Waals surface area contributed by atoms with Crippen LogP contribution in [0.2, 0.25) is 0 Å². The van der Waals surface area contributed by atoms with Gasteiger partial charge in [-0.25, -0.2) is 0 Å². The highest BCUT2D eigenvalue weighted by atomic mass is 14.9. The van der Waals surface area contributed by atoms with Crippen LogP contribution in [0.5, 0.6) is 0 Å². The van der Waals surface area contributed by atoms with Gasteiger partial charge >= 0.3 is 0 Å². The summed E-state index contributed by atoms with van der Waals surface area (Å²) in [7, 11) is 0. The monoisotopic (exact) mass is 280 g/mol. The van der Waals surface area contributed by atoms with Gasteiger partial charge in [-0.05, 0) is 63.6 Å². The van der Waals surface area contributed by atoms with Crippen LogP contribution in [0.4, 0.5) is 0 Å². The summed E-state index contributed by atoms with van der Waals surface area (Å²) in [6.07, 6.45) is 15.7. The maximum Gasteiger partial charge on any atom is 0.00670 e. The van der Waals surface area contributed by atoms with Crippen molar-refractivity contribution in [1.82, 2.24) is 10.6 Å². The lowest BCUT2D eigenvalue weighted by atomic mass is 9.81. The molecule has 2 fully saturated rings. The molecule has 0 radical (unpaired) electrons. The highest BCUT2D eigenvalue weighted by molar-refractivity contribution is 4.74. The Kier molecular flexibility index (Phi) is 7.97. The molecule has 0 heterocycles. The van der Waals surface area contributed by atoms with E-state index in [0.717, 1.165) is 17.9 Å². The van der Waals surface area contributed by atoms with Gasteiger partial charge in [0.25, 0.3) is 0 Å². The lowest BCUT2D eigenvalue weighted by Crippen LogP contribution is -2.34. The minimum absolute atomic E-state index is 0.827. The first-order chi connectivity index (χ1) is 9.88. The Bertz CT molecular complexity index is 228. The molecule has 118 valence electrons. The molecule has 0 spiro atoms. The van der Waals surface area contributed by atoms with Gasteiger partial charge in [-0.3, -0.25) is 0 Å². The van der Waals surface area contributed by atoms with Crippen LogP contribution in [0, 0.1) is 11.8 Å². The zero-order valence-corrected chi connectivity index (χ0v) is 13.6. The maximum absolute atomic E-state index is 3.73. The van der Waals surface area contributed by atoms with Gasteiger partial charge in [-0.15, -0.1) is 0 Å². The predicted molar refractivity (Wildman–Crippen MR) is 88.1 cm³/mol. The fraction of sp³-hybridized carbons (Fsp3) is 1.00. The SMILES string of the molecule is CCC1CCC(CNCCCNC2CCCCC2)CC1. The number of hydrogen-bond acceptors (Lipinski definition) is 2. The predicted octanol–water partition coefficient (Wildman–Crippen LogP) is 4.10. The van der Waals surface area contributed by atoms with Crippen LogP contribution >= 0.6 is 0 Å². The van der Waals surface area contributed by atoms with Crippen molar-refractivity contribution < 1.29 is 0 Å². The van der Waals surface area contributed by atoms with E-state index in [2.05, 4.69) is 17.6 Å². The summed E-state index contributed by atoms with van der Waals surface area (Å²) < 4.78 is 0. The Morgan fingerprint density at radius 3 is 2.20 bits per heavy atom. The van der Waals surface area contributed by atoms with Crippen molar-refractivity contribution in [3.8, 4) is 0 Å². The highest BCUT2D eigenvalue weighted by Crippen LogP contribution is 2.30. The van der Waals surface area contributed by atoms with Gasteiger partial charge in [0.05, 0.1) is 0 Å². The van der Waals surface area contributed by atoms with Crippen molar-refractivity contribution in [2.24, 2.45) is 11.8 Å². The Balaban J connectivity index is 1.40. The first-order valence-corrected chi connectivity index (χ1v) is 9.32. The van der Waals surface area contributed by atoms with E-state index in [1.54, 1.807) is 0 Å². The topological polar surface area (TPSA) is 24.1 Å². The smallest absolute Gasteiger partial charge is 0.00670 e. The molecule has 0 saturated heterocycles. The first kappa shape index (κ1) is 16.3. The van der Waals surface area contributed by atoms with Gasteiger partial charge in [-0.1, -0.05) is 45.4 Å². The van der Waals surface area contributed by atoms with Gasteiger partial charge in [0, 0.05) is 6.04 Å². The molecular weight excluding hydrogens is 244 g/mol. The van der Waals surface area contributed by atoms with Crippen LogP contribution in [0.15, 0.2) is 0 Å². The summed E-state index contributed by atoms with van der Waals surface area (Å²) in [6.45, 7) is 6.02. The molecule has 2 N–H and O–H groups in total. The third-order valence-corrected chi connectivity index (χ3v) is 5.55. The van der Waals surface area contributed by atoms with Gasteiger partial charge in [0.1, 0.15) is 0 Å². The molecule has 2 saturated carbocycles. The summed E-state index contributed by atoms with van der Waals surface area (Å²) in [4.78, 5) is 0. The Morgan fingerprint density at radius 2 is 1.50 bits per heavy atom. The lowest BCUT2D eigenvalue weighted by Gasteiger charge is -2.28. The quantitative estimate of drug-likeness (QED) is 0.654. The van der Waals surface area contributed by atoms with Crippen molar-refractivity contribution >= 4 is 0 Å². The van der Waals surface area contributed by atoms with E-state index in [4.69, 9.17) is 0 Å². The van der Waals surface area contributed by atoms with E-state index in [0.29, 0.717) is 0 Å². The van der Waals surface area contributed by atoms with E-state index >= 15 is 0 Å². The molecule has 20 heavy (non-hydrogen) atoms. The van der Waals surface area contributed by atoms with Crippen molar-refractivity contribution in [1.29, 1.82) is 0 Å². The molecule has 0 bridgehead atoms. The molecule has 2 rings (SSSR count). The lowest BCUT2D eigenvalue weighted by molar-refractivity contribution is 0.262. The molecule has 2 heteroatoms. The molecule has 0 atom stereocenters. The van der Waals surface area contributed by atoms with Crippen LogP contribution in [-0.4, -0.2) is 25.7 Å². The minimum atomic E-state index is 0.827. The molecular formula is C18H36N2. The van der Waals surface area contributed by atoms with Crippen LogP contribution in [0.1, 0.15) is 77.6 Å². The molecule has 2 aliphatic carbocycles. The second kappa shape index (κ2) is 9.78. The number of hydrogen-bond donors (Lipinski definition) is 2. The fourth-order valence-corrected chi connectivity index (χ4v) is 3.98. The Labute approximate surface area is 126 Å². The van der Waals surface area contributed by atoms with Crippen LogP contribution < -0.4 is 10.6 Å². The average molecular weight is 280 g/mol. The normalized spacial score (nSPS) is 28.6.